The largest absolute Gasteiger partial charge is 0.360 e. The van der Waals surface area contributed by atoms with Gasteiger partial charge in [-0.05, 0) is 36.6 Å². The molecule has 0 radical (unpaired) electrons. The second kappa shape index (κ2) is 10.5. The molecule has 2 aliphatic rings. The first kappa shape index (κ1) is 24.0. The van der Waals surface area contributed by atoms with Crippen LogP contribution in [0.15, 0.2) is 53.1 Å². The number of carbonyl (C=O) groups is 3. The molecule has 1 unspecified atom stereocenters. The second-order valence-corrected chi connectivity index (χ2v) is 9.59. The van der Waals surface area contributed by atoms with Crippen molar-refractivity contribution in [2.75, 3.05) is 51.1 Å². The number of piperazine rings is 1. The summed E-state index contributed by atoms with van der Waals surface area (Å²) in [6.45, 7) is 5.52. The minimum Gasteiger partial charge on any atom is -0.360 e. The van der Waals surface area contributed by atoms with Crippen LogP contribution in [-0.4, -0.2) is 83.4 Å². The maximum Gasteiger partial charge on any atom is 0.254 e. The molecule has 5 rings (SSSR count). The van der Waals surface area contributed by atoms with Crippen LogP contribution in [0.2, 0.25) is 0 Å². The van der Waals surface area contributed by atoms with E-state index in [1.54, 1.807) is 13.0 Å². The van der Waals surface area contributed by atoms with E-state index in [0.29, 0.717) is 56.4 Å². The van der Waals surface area contributed by atoms with Crippen molar-refractivity contribution < 1.29 is 18.9 Å². The highest BCUT2D eigenvalue weighted by atomic mass is 16.5. The van der Waals surface area contributed by atoms with Gasteiger partial charge in [0.15, 0.2) is 5.82 Å². The van der Waals surface area contributed by atoms with E-state index in [9.17, 15) is 14.4 Å². The first-order valence-electron chi connectivity index (χ1n) is 12.5. The summed E-state index contributed by atoms with van der Waals surface area (Å²) in [6, 6.07) is 15.4. The number of hydrogen-bond acceptors (Lipinski definition) is 6. The lowest BCUT2D eigenvalue weighted by Gasteiger charge is -2.39. The third-order valence-corrected chi connectivity index (χ3v) is 7.02. The maximum atomic E-state index is 13.4. The summed E-state index contributed by atoms with van der Waals surface area (Å²) in [5.41, 5.74) is 0.689. The van der Waals surface area contributed by atoms with Crippen LogP contribution in [0.3, 0.4) is 0 Å². The van der Waals surface area contributed by atoms with Crippen LogP contribution in [0.1, 0.15) is 29.0 Å². The zero-order chi connectivity index (χ0) is 25.1. The van der Waals surface area contributed by atoms with Gasteiger partial charge >= 0.3 is 0 Å². The van der Waals surface area contributed by atoms with Crippen molar-refractivity contribution in [1.29, 1.82) is 0 Å². The van der Waals surface area contributed by atoms with Crippen LogP contribution in [0, 0.1) is 12.8 Å². The van der Waals surface area contributed by atoms with Gasteiger partial charge < -0.3 is 19.6 Å². The summed E-state index contributed by atoms with van der Waals surface area (Å²) >= 11 is 0. The number of carbonyl (C=O) groups excluding carboxylic acids is 3. The van der Waals surface area contributed by atoms with Gasteiger partial charge in [-0.3, -0.25) is 19.3 Å². The van der Waals surface area contributed by atoms with E-state index in [1.165, 1.54) is 0 Å². The maximum absolute atomic E-state index is 13.4. The second-order valence-electron chi connectivity index (χ2n) is 9.59. The Hall–Kier alpha value is -3.72. The number of nitrogens with one attached hydrogen (secondary N) is 1. The third-order valence-electron chi connectivity index (χ3n) is 7.02. The minimum atomic E-state index is -0.192. The van der Waals surface area contributed by atoms with Gasteiger partial charge in [-0.15, -0.1) is 0 Å². The van der Waals surface area contributed by atoms with Crippen LogP contribution in [0.25, 0.3) is 10.8 Å². The predicted molar refractivity (Wildman–Crippen MR) is 135 cm³/mol. The smallest absolute Gasteiger partial charge is 0.254 e. The molecule has 2 aromatic carbocycles. The van der Waals surface area contributed by atoms with Gasteiger partial charge in [0.05, 0.1) is 12.5 Å². The number of rotatable bonds is 5. The van der Waals surface area contributed by atoms with Crippen LogP contribution in [-0.2, 0) is 9.59 Å². The lowest BCUT2D eigenvalue weighted by molar-refractivity contribution is -0.138. The predicted octanol–water partition coefficient (Wildman–Crippen LogP) is 2.77. The van der Waals surface area contributed by atoms with Crippen molar-refractivity contribution in [2.45, 2.75) is 19.8 Å². The van der Waals surface area contributed by atoms with E-state index in [2.05, 4.69) is 10.5 Å². The molecule has 2 aliphatic heterocycles. The number of amides is 3. The number of anilines is 1. The van der Waals surface area contributed by atoms with E-state index in [0.717, 1.165) is 23.6 Å². The quantitative estimate of drug-likeness (QED) is 0.592. The molecule has 3 aromatic rings. The van der Waals surface area contributed by atoms with Gasteiger partial charge in [0.1, 0.15) is 5.76 Å². The van der Waals surface area contributed by atoms with E-state index >= 15 is 0 Å². The van der Waals surface area contributed by atoms with E-state index in [4.69, 9.17) is 4.52 Å². The van der Waals surface area contributed by atoms with Crippen LogP contribution in [0.4, 0.5) is 5.82 Å². The number of aryl methyl sites for hydroxylation is 1. The van der Waals surface area contributed by atoms with Gasteiger partial charge in [-0.1, -0.05) is 41.6 Å². The van der Waals surface area contributed by atoms with Crippen molar-refractivity contribution in [3.05, 3.63) is 59.9 Å². The highest BCUT2D eigenvalue weighted by Crippen LogP contribution is 2.25. The molecule has 2 fully saturated rings. The summed E-state index contributed by atoms with van der Waals surface area (Å²) in [4.78, 5) is 44.7. The van der Waals surface area contributed by atoms with Crippen molar-refractivity contribution >= 4 is 34.3 Å². The molecule has 1 atom stereocenters. The molecule has 2 saturated heterocycles. The fraction of sp³-hybridized carbons (Fsp3) is 0.407. The Morgan fingerprint density at radius 1 is 1.00 bits per heavy atom. The number of hydrogen-bond donors (Lipinski definition) is 1. The zero-order valence-corrected chi connectivity index (χ0v) is 20.5. The molecule has 0 aliphatic carbocycles. The molecular weight excluding hydrogens is 458 g/mol. The van der Waals surface area contributed by atoms with Gasteiger partial charge in [0.2, 0.25) is 11.8 Å². The Morgan fingerprint density at radius 3 is 2.56 bits per heavy atom. The first-order chi connectivity index (χ1) is 17.5. The SMILES string of the molecule is Cc1cc(NC(=O)CN2CCN(C(=O)C3CCCN(C(=O)c4cccc5ccccc45)C3)CC2)no1. The Bertz CT molecular complexity index is 1260. The Balaban J connectivity index is 1.14. The number of nitrogens with zero attached hydrogens (tertiary/aromatic N) is 4. The average Bonchev–Trinajstić information content (AvgIpc) is 3.32. The van der Waals surface area contributed by atoms with E-state index in [-0.39, 0.29) is 30.2 Å². The molecule has 0 saturated carbocycles. The van der Waals surface area contributed by atoms with Crippen LogP contribution in [0.5, 0.6) is 0 Å². The minimum absolute atomic E-state index is 0.0116. The Morgan fingerprint density at radius 2 is 1.78 bits per heavy atom. The molecule has 36 heavy (non-hydrogen) atoms. The molecule has 0 bridgehead atoms. The van der Waals surface area contributed by atoms with Crippen LogP contribution < -0.4 is 5.32 Å². The molecule has 3 heterocycles. The Kier molecular flexibility index (Phi) is 6.99. The van der Waals surface area contributed by atoms with Crippen molar-refractivity contribution in [2.24, 2.45) is 5.92 Å². The molecule has 1 N–H and O–H groups in total. The molecule has 9 heteroatoms. The van der Waals surface area contributed by atoms with E-state index in [1.807, 2.05) is 57.2 Å². The van der Waals surface area contributed by atoms with Crippen molar-refractivity contribution in [1.82, 2.24) is 19.9 Å². The van der Waals surface area contributed by atoms with Gasteiger partial charge in [-0.2, -0.15) is 0 Å². The first-order valence-corrected chi connectivity index (χ1v) is 12.5. The number of likely N-dealkylation sites (tertiary alicyclic amines) is 1. The fourth-order valence-electron chi connectivity index (χ4n) is 5.14. The lowest BCUT2D eigenvalue weighted by Crippen LogP contribution is -2.54. The molecule has 3 amide bonds. The average molecular weight is 490 g/mol. The molecule has 188 valence electrons. The molecule has 9 nitrogen and oxygen atoms in total. The summed E-state index contributed by atoms with van der Waals surface area (Å²) < 4.78 is 4.97. The normalized spacial score (nSPS) is 18.9. The number of piperidine rings is 1. The Labute approximate surface area is 210 Å². The summed E-state index contributed by atoms with van der Waals surface area (Å²) in [6.07, 6.45) is 1.60. The highest BCUT2D eigenvalue weighted by molar-refractivity contribution is 6.07. The zero-order valence-electron chi connectivity index (χ0n) is 20.5. The third kappa shape index (κ3) is 5.26. The molecule has 0 spiro atoms. The van der Waals surface area contributed by atoms with Crippen molar-refractivity contribution in [3.8, 4) is 0 Å². The topological polar surface area (TPSA) is 99.0 Å². The standard InChI is InChI=1S/C27H31N5O4/c1-19-16-24(29-36-19)28-25(33)18-30-12-14-31(15-13-30)26(34)21-8-5-11-32(17-21)27(35)23-10-4-7-20-6-2-3-9-22(20)23/h2-4,6-7,9-10,16,21H,5,8,11-15,17-18H2,1H3,(H,28,29,33). The summed E-state index contributed by atoms with van der Waals surface area (Å²) in [7, 11) is 0. The van der Waals surface area contributed by atoms with Gasteiger partial charge in [-0.25, -0.2) is 0 Å². The summed E-state index contributed by atoms with van der Waals surface area (Å²) in [5, 5.41) is 8.49. The molecular formula is C27H31N5O4. The number of aromatic nitrogens is 1. The van der Waals surface area contributed by atoms with E-state index < -0.39 is 0 Å². The summed E-state index contributed by atoms with van der Waals surface area (Å²) in [5.74, 6) is 0.791. The molecule has 1 aromatic heterocycles. The highest BCUT2D eigenvalue weighted by Gasteiger charge is 2.33. The van der Waals surface area contributed by atoms with Gasteiger partial charge in [0, 0.05) is 50.9 Å². The monoisotopic (exact) mass is 489 g/mol. The lowest BCUT2D eigenvalue weighted by atomic mass is 9.95. The number of fused-ring (bicyclic) bond motifs is 1. The fourth-order valence-corrected chi connectivity index (χ4v) is 5.14. The van der Waals surface area contributed by atoms with Crippen molar-refractivity contribution in [3.63, 3.8) is 0 Å². The van der Waals surface area contributed by atoms with Gasteiger partial charge in [0.25, 0.3) is 5.91 Å². The van der Waals surface area contributed by atoms with Crippen LogP contribution >= 0.6 is 0 Å². The number of benzene rings is 2.